The van der Waals surface area contributed by atoms with E-state index < -0.39 is 0 Å². The van der Waals surface area contributed by atoms with Crippen molar-refractivity contribution in [3.8, 4) is 6.07 Å². The van der Waals surface area contributed by atoms with Crippen molar-refractivity contribution < 1.29 is 4.79 Å². The van der Waals surface area contributed by atoms with Gasteiger partial charge in [-0.05, 0) is 18.6 Å². The van der Waals surface area contributed by atoms with Gasteiger partial charge in [0.05, 0.1) is 17.7 Å². The SMILES string of the molecule is CCC(C#N)N1CCN(C(=O)c2cccnc2)CC1. The predicted molar refractivity (Wildman–Crippen MR) is 71.4 cm³/mol. The van der Waals surface area contributed by atoms with Crippen LogP contribution in [0.4, 0.5) is 0 Å². The number of rotatable bonds is 3. The average Bonchev–Trinajstić information content (AvgIpc) is 2.49. The van der Waals surface area contributed by atoms with Crippen LogP contribution in [-0.2, 0) is 0 Å². The summed E-state index contributed by atoms with van der Waals surface area (Å²) in [4.78, 5) is 20.2. The molecule has 1 saturated heterocycles. The standard InChI is InChI=1S/C14H18N4O/c1-2-13(10-15)17-6-8-18(9-7-17)14(19)12-4-3-5-16-11-12/h3-5,11,13H,2,6-9H2,1H3. The van der Waals surface area contributed by atoms with Gasteiger partial charge in [-0.3, -0.25) is 14.7 Å². The molecule has 2 rings (SSSR count). The molecule has 2 heterocycles. The van der Waals surface area contributed by atoms with Crippen LogP contribution >= 0.6 is 0 Å². The Morgan fingerprint density at radius 1 is 1.47 bits per heavy atom. The van der Waals surface area contributed by atoms with E-state index in [1.165, 1.54) is 0 Å². The summed E-state index contributed by atoms with van der Waals surface area (Å²) in [6.07, 6.45) is 4.08. The third-order valence-corrected chi connectivity index (χ3v) is 3.49. The Bertz CT molecular complexity index is 460. The Morgan fingerprint density at radius 3 is 2.74 bits per heavy atom. The van der Waals surface area contributed by atoms with E-state index in [4.69, 9.17) is 5.26 Å². The molecule has 1 aromatic rings. The van der Waals surface area contributed by atoms with E-state index in [2.05, 4.69) is 16.0 Å². The van der Waals surface area contributed by atoms with Gasteiger partial charge in [0, 0.05) is 38.6 Å². The van der Waals surface area contributed by atoms with Gasteiger partial charge in [-0.15, -0.1) is 0 Å². The lowest BCUT2D eigenvalue weighted by Crippen LogP contribution is -2.51. The molecule has 0 aliphatic carbocycles. The Kier molecular flexibility index (Phi) is 4.48. The van der Waals surface area contributed by atoms with E-state index in [-0.39, 0.29) is 11.9 Å². The van der Waals surface area contributed by atoms with Crippen molar-refractivity contribution in [3.05, 3.63) is 30.1 Å². The Balaban J connectivity index is 1.94. The molecule has 1 amide bonds. The molecule has 1 unspecified atom stereocenters. The van der Waals surface area contributed by atoms with Crippen molar-refractivity contribution in [2.75, 3.05) is 26.2 Å². The number of piperazine rings is 1. The van der Waals surface area contributed by atoms with Gasteiger partial charge in [-0.2, -0.15) is 5.26 Å². The number of nitriles is 1. The molecule has 0 spiro atoms. The summed E-state index contributed by atoms with van der Waals surface area (Å²) < 4.78 is 0. The minimum atomic E-state index is -0.0318. The second-order valence-electron chi connectivity index (χ2n) is 4.62. The van der Waals surface area contributed by atoms with Crippen LogP contribution in [-0.4, -0.2) is 52.9 Å². The first-order valence-electron chi connectivity index (χ1n) is 6.59. The lowest BCUT2D eigenvalue weighted by molar-refractivity contribution is 0.0604. The molecule has 0 saturated carbocycles. The second kappa shape index (κ2) is 6.30. The van der Waals surface area contributed by atoms with Gasteiger partial charge in [-0.1, -0.05) is 6.92 Å². The van der Waals surface area contributed by atoms with Crippen molar-refractivity contribution in [3.63, 3.8) is 0 Å². The molecule has 1 aliphatic rings. The zero-order valence-corrected chi connectivity index (χ0v) is 11.1. The molecular formula is C14H18N4O. The summed E-state index contributed by atoms with van der Waals surface area (Å²) in [5, 5.41) is 9.05. The Morgan fingerprint density at radius 2 is 2.21 bits per heavy atom. The maximum Gasteiger partial charge on any atom is 0.255 e. The Hall–Kier alpha value is -1.93. The lowest BCUT2D eigenvalue weighted by Gasteiger charge is -2.36. The first kappa shape index (κ1) is 13.5. The van der Waals surface area contributed by atoms with Crippen LogP contribution in [0.1, 0.15) is 23.7 Å². The molecule has 19 heavy (non-hydrogen) atoms. The fraction of sp³-hybridized carbons (Fsp3) is 0.500. The van der Waals surface area contributed by atoms with Gasteiger partial charge in [0.2, 0.25) is 0 Å². The molecule has 1 aromatic heterocycles. The highest BCUT2D eigenvalue weighted by Crippen LogP contribution is 2.11. The number of aromatic nitrogens is 1. The molecule has 5 heteroatoms. The number of hydrogen-bond donors (Lipinski definition) is 0. The highest BCUT2D eigenvalue weighted by Gasteiger charge is 2.25. The van der Waals surface area contributed by atoms with E-state index in [1.54, 1.807) is 24.5 Å². The number of carbonyl (C=O) groups is 1. The third kappa shape index (κ3) is 3.09. The summed E-state index contributed by atoms with van der Waals surface area (Å²) in [6.45, 7) is 4.88. The molecule has 1 aliphatic heterocycles. The van der Waals surface area contributed by atoms with Gasteiger partial charge in [0.15, 0.2) is 0 Å². The zero-order chi connectivity index (χ0) is 13.7. The fourth-order valence-electron chi connectivity index (χ4n) is 2.34. The minimum absolute atomic E-state index is 0.0257. The van der Waals surface area contributed by atoms with Crippen molar-refractivity contribution in [2.45, 2.75) is 19.4 Å². The van der Waals surface area contributed by atoms with E-state index in [1.807, 2.05) is 11.8 Å². The molecule has 1 fully saturated rings. The first-order chi connectivity index (χ1) is 9.26. The maximum atomic E-state index is 12.2. The van der Waals surface area contributed by atoms with Crippen molar-refractivity contribution in [2.24, 2.45) is 0 Å². The largest absolute Gasteiger partial charge is 0.336 e. The summed E-state index contributed by atoms with van der Waals surface area (Å²) >= 11 is 0. The second-order valence-corrected chi connectivity index (χ2v) is 4.62. The number of hydrogen-bond acceptors (Lipinski definition) is 4. The summed E-state index contributed by atoms with van der Waals surface area (Å²) in [5.74, 6) is 0.0257. The van der Waals surface area contributed by atoms with Crippen LogP contribution in [0.3, 0.4) is 0 Å². The predicted octanol–water partition coefficient (Wildman–Crippen LogP) is 1.14. The topological polar surface area (TPSA) is 60.2 Å². The maximum absolute atomic E-state index is 12.2. The lowest BCUT2D eigenvalue weighted by atomic mass is 10.1. The van der Waals surface area contributed by atoms with Crippen LogP contribution in [0.15, 0.2) is 24.5 Å². The molecule has 5 nitrogen and oxygen atoms in total. The number of amides is 1. The van der Waals surface area contributed by atoms with Gasteiger partial charge in [0.1, 0.15) is 0 Å². The highest BCUT2D eigenvalue weighted by molar-refractivity contribution is 5.93. The summed E-state index contributed by atoms with van der Waals surface area (Å²) in [5.41, 5.74) is 0.628. The quantitative estimate of drug-likeness (QED) is 0.815. The van der Waals surface area contributed by atoms with Crippen LogP contribution in [0, 0.1) is 11.3 Å². The minimum Gasteiger partial charge on any atom is -0.336 e. The van der Waals surface area contributed by atoms with Gasteiger partial charge >= 0.3 is 0 Å². The molecule has 0 N–H and O–H groups in total. The number of pyridine rings is 1. The Labute approximate surface area is 113 Å². The zero-order valence-electron chi connectivity index (χ0n) is 11.1. The van der Waals surface area contributed by atoms with Crippen LogP contribution in [0.2, 0.25) is 0 Å². The smallest absolute Gasteiger partial charge is 0.255 e. The molecule has 100 valence electrons. The molecular weight excluding hydrogens is 240 g/mol. The fourth-order valence-corrected chi connectivity index (χ4v) is 2.34. The molecule has 0 radical (unpaired) electrons. The molecule has 0 bridgehead atoms. The number of nitrogens with zero attached hydrogens (tertiary/aromatic N) is 4. The molecule has 0 aromatic carbocycles. The van der Waals surface area contributed by atoms with E-state index in [0.29, 0.717) is 18.7 Å². The third-order valence-electron chi connectivity index (χ3n) is 3.49. The first-order valence-corrected chi connectivity index (χ1v) is 6.59. The van der Waals surface area contributed by atoms with Crippen molar-refractivity contribution in [1.82, 2.24) is 14.8 Å². The van der Waals surface area contributed by atoms with Crippen LogP contribution in [0.5, 0.6) is 0 Å². The van der Waals surface area contributed by atoms with Gasteiger partial charge < -0.3 is 4.90 Å². The van der Waals surface area contributed by atoms with Crippen LogP contribution < -0.4 is 0 Å². The summed E-state index contributed by atoms with van der Waals surface area (Å²) in [6, 6.07) is 5.83. The number of carbonyl (C=O) groups excluding carboxylic acids is 1. The van der Waals surface area contributed by atoms with Crippen molar-refractivity contribution >= 4 is 5.91 Å². The van der Waals surface area contributed by atoms with Crippen LogP contribution in [0.25, 0.3) is 0 Å². The van der Waals surface area contributed by atoms with Crippen molar-refractivity contribution in [1.29, 1.82) is 5.26 Å². The van der Waals surface area contributed by atoms with Gasteiger partial charge in [0.25, 0.3) is 5.91 Å². The average molecular weight is 258 g/mol. The monoisotopic (exact) mass is 258 g/mol. The summed E-state index contributed by atoms with van der Waals surface area (Å²) in [7, 11) is 0. The van der Waals surface area contributed by atoms with E-state index in [9.17, 15) is 4.79 Å². The molecule has 1 atom stereocenters. The highest BCUT2D eigenvalue weighted by atomic mass is 16.2. The van der Waals surface area contributed by atoms with E-state index in [0.717, 1.165) is 19.5 Å². The van der Waals surface area contributed by atoms with Gasteiger partial charge in [-0.25, -0.2) is 0 Å². The normalized spacial score (nSPS) is 17.8. The van der Waals surface area contributed by atoms with E-state index >= 15 is 0 Å².